The lowest BCUT2D eigenvalue weighted by molar-refractivity contribution is 0.198. The quantitative estimate of drug-likeness (QED) is 0.200. The number of halogens is 1. The lowest BCUT2D eigenvalue weighted by Crippen LogP contribution is -2.41. The molecule has 0 bridgehead atoms. The van der Waals surface area contributed by atoms with Gasteiger partial charge in [0, 0.05) is 50.6 Å². The first-order valence-corrected chi connectivity index (χ1v) is 11.4. The highest BCUT2D eigenvalue weighted by Gasteiger charge is 2.26. The van der Waals surface area contributed by atoms with Crippen LogP contribution in [0.3, 0.4) is 0 Å². The minimum Gasteiger partial charge on any atom is -0.356 e. The number of thiazole rings is 1. The molecule has 0 aliphatic carbocycles. The molecule has 2 fully saturated rings. The fraction of sp³-hybridized carbons (Fsp3) is 0.778. The summed E-state index contributed by atoms with van der Waals surface area (Å²) in [6.45, 7) is 7.17. The summed E-state index contributed by atoms with van der Waals surface area (Å²) in [5, 5.41) is 5.59. The highest BCUT2D eigenvalue weighted by Crippen LogP contribution is 2.21. The number of hydrogen-bond acceptors (Lipinski definition) is 5. The molecule has 2 aliphatic heterocycles. The maximum Gasteiger partial charge on any atom is 0.193 e. The molecule has 0 radical (unpaired) electrons. The van der Waals surface area contributed by atoms with E-state index in [1.165, 1.54) is 49.7 Å². The molecule has 5 nitrogen and oxygen atoms in total. The van der Waals surface area contributed by atoms with Crippen LogP contribution in [-0.2, 0) is 0 Å². The normalized spacial score (nSPS) is 21.7. The summed E-state index contributed by atoms with van der Waals surface area (Å²) in [4.78, 5) is 13.9. The second kappa shape index (κ2) is 12.4. The maximum absolute atomic E-state index is 4.50. The Labute approximate surface area is 183 Å². The van der Waals surface area contributed by atoms with Crippen LogP contribution in [0.4, 0.5) is 0 Å². The summed E-state index contributed by atoms with van der Waals surface area (Å²) in [5.74, 6) is 2.99. The number of aromatic nitrogens is 1. The Morgan fingerprint density at radius 2 is 2.19 bits per heavy atom. The van der Waals surface area contributed by atoms with Crippen LogP contribution in [-0.4, -0.2) is 72.8 Å². The largest absolute Gasteiger partial charge is 0.356 e. The third-order valence-electron chi connectivity index (χ3n) is 5.00. The van der Waals surface area contributed by atoms with Crippen molar-refractivity contribution in [3.8, 4) is 0 Å². The molecule has 1 N–H and O–H groups in total. The van der Waals surface area contributed by atoms with Crippen LogP contribution in [0.2, 0.25) is 0 Å². The van der Waals surface area contributed by atoms with Gasteiger partial charge in [-0.15, -0.1) is 35.3 Å². The van der Waals surface area contributed by atoms with Crippen molar-refractivity contribution < 1.29 is 0 Å². The van der Waals surface area contributed by atoms with E-state index in [1.807, 2.05) is 30.4 Å². The van der Waals surface area contributed by atoms with Gasteiger partial charge in [0.05, 0.1) is 0 Å². The monoisotopic (exact) mass is 509 g/mol. The number of nitrogens with one attached hydrogen (secondary N) is 1. The SMILES string of the molecule is CN=C(NCCCSc1nccs1)N1CCC(CN2CCCCC2)C1.I. The van der Waals surface area contributed by atoms with Gasteiger partial charge in [0.25, 0.3) is 0 Å². The van der Waals surface area contributed by atoms with Crippen molar-refractivity contribution in [1.29, 1.82) is 0 Å². The van der Waals surface area contributed by atoms with E-state index in [-0.39, 0.29) is 24.0 Å². The molecule has 3 heterocycles. The van der Waals surface area contributed by atoms with Crippen LogP contribution >= 0.6 is 47.1 Å². The molecule has 148 valence electrons. The van der Waals surface area contributed by atoms with Gasteiger partial charge in [0.1, 0.15) is 4.34 Å². The predicted octanol–water partition coefficient (Wildman–Crippen LogP) is 3.63. The molecule has 0 spiro atoms. The van der Waals surface area contributed by atoms with Crippen LogP contribution < -0.4 is 5.32 Å². The van der Waals surface area contributed by atoms with Gasteiger partial charge >= 0.3 is 0 Å². The van der Waals surface area contributed by atoms with Crippen LogP contribution in [0.25, 0.3) is 0 Å². The molecule has 0 amide bonds. The van der Waals surface area contributed by atoms with Crippen LogP contribution in [0.5, 0.6) is 0 Å². The van der Waals surface area contributed by atoms with Gasteiger partial charge in [-0.2, -0.15) is 0 Å². The zero-order valence-electron chi connectivity index (χ0n) is 15.7. The van der Waals surface area contributed by atoms with Crippen LogP contribution in [0.15, 0.2) is 20.9 Å². The Balaban J connectivity index is 0.00000243. The smallest absolute Gasteiger partial charge is 0.193 e. The molecule has 0 saturated carbocycles. The van der Waals surface area contributed by atoms with E-state index < -0.39 is 0 Å². The van der Waals surface area contributed by atoms with Crippen molar-refractivity contribution in [2.75, 3.05) is 52.1 Å². The number of rotatable bonds is 7. The molecule has 2 saturated heterocycles. The van der Waals surface area contributed by atoms with Gasteiger partial charge < -0.3 is 15.1 Å². The van der Waals surface area contributed by atoms with Crippen LogP contribution in [0.1, 0.15) is 32.1 Å². The van der Waals surface area contributed by atoms with E-state index in [2.05, 4.69) is 25.1 Å². The number of likely N-dealkylation sites (tertiary alicyclic amines) is 2. The lowest BCUT2D eigenvalue weighted by Gasteiger charge is -2.29. The average Bonchev–Trinajstić information content (AvgIpc) is 3.31. The van der Waals surface area contributed by atoms with E-state index in [9.17, 15) is 0 Å². The molecule has 1 aromatic rings. The first-order valence-electron chi connectivity index (χ1n) is 9.55. The standard InChI is InChI=1S/C18H31N5S2.HI/c1-19-17(20-7-5-12-24-18-21-8-13-25-18)23-11-6-16(15-23)14-22-9-3-2-4-10-22;/h8,13,16H,2-7,9-12,14-15H2,1H3,(H,19,20);1H. The van der Waals surface area contributed by atoms with E-state index in [1.54, 1.807) is 11.3 Å². The van der Waals surface area contributed by atoms with Gasteiger partial charge in [-0.25, -0.2) is 4.98 Å². The highest BCUT2D eigenvalue weighted by molar-refractivity contribution is 14.0. The topological polar surface area (TPSA) is 43.8 Å². The molecule has 1 atom stereocenters. The van der Waals surface area contributed by atoms with Crippen LogP contribution in [0, 0.1) is 5.92 Å². The summed E-state index contributed by atoms with van der Waals surface area (Å²) in [5.41, 5.74) is 0. The van der Waals surface area contributed by atoms with Crippen molar-refractivity contribution in [1.82, 2.24) is 20.1 Å². The molecule has 26 heavy (non-hydrogen) atoms. The molecule has 1 aromatic heterocycles. The number of thioether (sulfide) groups is 1. The summed E-state index contributed by atoms with van der Waals surface area (Å²) in [6.07, 6.45) is 8.51. The molecule has 8 heteroatoms. The zero-order valence-corrected chi connectivity index (χ0v) is 19.7. The summed E-state index contributed by atoms with van der Waals surface area (Å²) in [6, 6.07) is 0. The van der Waals surface area contributed by atoms with E-state index in [4.69, 9.17) is 0 Å². The van der Waals surface area contributed by atoms with Gasteiger partial charge in [-0.1, -0.05) is 18.2 Å². The molecule has 1 unspecified atom stereocenters. The highest BCUT2D eigenvalue weighted by atomic mass is 127. The number of nitrogens with zero attached hydrogens (tertiary/aromatic N) is 4. The zero-order chi connectivity index (χ0) is 17.3. The Morgan fingerprint density at radius 1 is 1.35 bits per heavy atom. The van der Waals surface area contributed by atoms with Crippen molar-refractivity contribution in [2.24, 2.45) is 10.9 Å². The van der Waals surface area contributed by atoms with E-state index in [0.29, 0.717) is 0 Å². The first-order chi connectivity index (χ1) is 12.3. The van der Waals surface area contributed by atoms with Gasteiger partial charge in [0.2, 0.25) is 0 Å². The number of guanidine groups is 1. The minimum atomic E-state index is 0. The van der Waals surface area contributed by atoms with E-state index in [0.717, 1.165) is 43.7 Å². The molecule has 0 aromatic carbocycles. The van der Waals surface area contributed by atoms with Crippen molar-refractivity contribution in [3.05, 3.63) is 11.6 Å². The first kappa shape index (κ1) is 22.2. The minimum absolute atomic E-state index is 0. The second-order valence-corrected chi connectivity index (χ2v) is 9.17. The number of piperidine rings is 1. The molecular formula is C18H32IN5S2. The third kappa shape index (κ3) is 7.16. The average molecular weight is 510 g/mol. The van der Waals surface area contributed by atoms with Crippen molar-refractivity contribution in [2.45, 2.75) is 36.4 Å². The Hall–Kier alpha value is -0.0600. The van der Waals surface area contributed by atoms with Crippen molar-refractivity contribution in [3.63, 3.8) is 0 Å². The molecular weight excluding hydrogens is 477 g/mol. The third-order valence-corrected chi connectivity index (χ3v) is 7.05. The number of hydrogen-bond donors (Lipinski definition) is 1. The van der Waals surface area contributed by atoms with E-state index >= 15 is 0 Å². The fourth-order valence-corrected chi connectivity index (χ4v) is 5.37. The lowest BCUT2D eigenvalue weighted by atomic mass is 10.1. The summed E-state index contributed by atoms with van der Waals surface area (Å²) < 4.78 is 1.17. The molecule has 3 rings (SSSR count). The van der Waals surface area contributed by atoms with Gasteiger partial charge in [-0.05, 0) is 44.7 Å². The molecule has 2 aliphatic rings. The van der Waals surface area contributed by atoms with Gasteiger partial charge in [0.15, 0.2) is 5.96 Å². The summed E-state index contributed by atoms with van der Waals surface area (Å²) in [7, 11) is 1.91. The Bertz CT molecular complexity index is 520. The predicted molar refractivity (Wildman–Crippen MR) is 124 cm³/mol. The summed E-state index contributed by atoms with van der Waals surface area (Å²) >= 11 is 3.57. The second-order valence-electron chi connectivity index (χ2n) is 6.94. The maximum atomic E-state index is 4.50. The Morgan fingerprint density at radius 3 is 2.92 bits per heavy atom. The van der Waals surface area contributed by atoms with Crippen molar-refractivity contribution >= 4 is 53.0 Å². The fourth-order valence-electron chi connectivity index (χ4n) is 3.73. The number of aliphatic imine (C=N–C) groups is 1. The Kier molecular flexibility index (Phi) is 10.6. The van der Waals surface area contributed by atoms with Gasteiger partial charge in [-0.3, -0.25) is 4.99 Å².